The van der Waals surface area contributed by atoms with Gasteiger partial charge in [0.15, 0.2) is 6.10 Å². The van der Waals surface area contributed by atoms with Crippen molar-refractivity contribution in [1.29, 1.82) is 0 Å². The molecule has 1 atom stereocenters. The van der Waals surface area contributed by atoms with Crippen LogP contribution in [-0.2, 0) is 28.6 Å². The van der Waals surface area contributed by atoms with Gasteiger partial charge in [0, 0.05) is 19.3 Å². The van der Waals surface area contributed by atoms with Crippen molar-refractivity contribution in [3.63, 3.8) is 0 Å². The van der Waals surface area contributed by atoms with Crippen LogP contribution in [0.15, 0.2) is 170 Å². The summed E-state index contributed by atoms with van der Waals surface area (Å²) in [7, 11) is 0. The average molecular weight is 1120 g/mol. The van der Waals surface area contributed by atoms with Gasteiger partial charge in [-0.2, -0.15) is 0 Å². The molecule has 0 aliphatic carbocycles. The minimum absolute atomic E-state index is 0.104. The third-order valence-electron chi connectivity index (χ3n) is 13.2. The molecule has 0 spiro atoms. The fraction of sp³-hybridized carbons (Fsp3) is 0.587. The van der Waals surface area contributed by atoms with E-state index in [1.807, 2.05) is 0 Å². The summed E-state index contributed by atoms with van der Waals surface area (Å²) < 4.78 is 16.9. The summed E-state index contributed by atoms with van der Waals surface area (Å²) in [6.07, 6.45) is 99.3. The Morgan fingerprint density at radius 1 is 0.259 bits per heavy atom. The van der Waals surface area contributed by atoms with E-state index in [-0.39, 0.29) is 37.5 Å². The van der Waals surface area contributed by atoms with Crippen molar-refractivity contribution >= 4 is 17.9 Å². The minimum atomic E-state index is -0.810. The highest BCUT2D eigenvalue weighted by Gasteiger charge is 2.19. The smallest absolute Gasteiger partial charge is 0.306 e. The second-order valence-electron chi connectivity index (χ2n) is 20.9. The molecule has 0 bridgehead atoms. The third kappa shape index (κ3) is 65.5. The molecular formula is C75H118O6. The highest BCUT2D eigenvalue weighted by Crippen LogP contribution is 2.14. The van der Waals surface area contributed by atoms with Gasteiger partial charge in [0.25, 0.3) is 0 Å². The molecule has 0 aromatic carbocycles. The maximum atomic E-state index is 12.9. The van der Waals surface area contributed by atoms with Crippen LogP contribution in [0.3, 0.4) is 0 Å². The van der Waals surface area contributed by atoms with Crippen molar-refractivity contribution in [1.82, 2.24) is 0 Å². The molecular weight excluding hydrogens is 997 g/mol. The number of allylic oxidation sites excluding steroid dienone is 28. The Morgan fingerprint density at radius 3 is 0.765 bits per heavy atom. The normalized spacial score (nSPS) is 13.3. The summed E-state index contributed by atoms with van der Waals surface area (Å²) in [4.78, 5) is 38.3. The second kappa shape index (κ2) is 67.3. The molecule has 0 aliphatic heterocycles. The van der Waals surface area contributed by atoms with Crippen molar-refractivity contribution in [2.45, 2.75) is 271 Å². The molecule has 6 heteroatoms. The van der Waals surface area contributed by atoms with E-state index >= 15 is 0 Å². The van der Waals surface area contributed by atoms with Crippen molar-refractivity contribution in [3.8, 4) is 0 Å². The predicted molar refractivity (Wildman–Crippen MR) is 352 cm³/mol. The van der Waals surface area contributed by atoms with Gasteiger partial charge in [0.1, 0.15) is 13.2 Å². The first-order chi connectivity index (χ1) is 40.0. The zero-order valence-electron chi connectivity index (χ0n) is 52.0. The van der Waals surface area contributed by atoms with Crippen LogP contribution in [0, 0.1) is 0 Å². The summed E-state index contributed by atoms with van der Waals surface area (Å²) in [6, 6.07) is 0. The lowest BCUT2D eigenvalue weighted by molar-refractivity contribution is -0.167. The highest BCUT2D eigenvalue weighted by atomic mass is 16.6. The number of esters is 3. The van der Waals surface area contributed by atoms with Crippen LogP contribution in [0.4, 0.5) is 0 Å². The van der Waals surface area contributed by atoms with E-state index in [0.717, 1.165) is 173 Å². The maximum absolute atomic E-state index is 12.9. The van der Waals surface area contributed by atoms with Gasteiger partial charge in [-0.25, -0.2) is 0 Å². The van der Waals surface area contributed by atoms with Crippen LogP contribution in [0.25, 0.3) is 0 Å². The SMILES string of the molecule is CC/C=C\C/C=C\C/C=C\C/C=C\C/C=C\C/C=C\C/C=C\CCCCCCCCCC(=O)OCC(COC(=O)CCCCCCC/C=C\CCCC)OC(=O)CCCCCC/C=C\C/C=C\C/C=C\C/C=C\C/C=C\C/C=C\CC. The fourth-order valence-electron chi connectivity index (χ4n) is 8.35. The summed E-state index contributed by atoms with van der Waals surface area (Å²) >= 11 is 0. The van der Waals surface area contributed by atoms with E-state index in [9.17, 15) is 14.4 Å². The van der Waals surface area contributed by atoms with Gasteiger partial charge in [-0.15, -0.1) is 0 Å². The van der Waals surface area contributed by atoms with Crippen LogP contribution in [0.5, 0.6) is 0 Å². The van der Waals surface area contributed by atoms with Crippen molar-refractivity contribution < 1.29 is 28.6 Å². The Morgan fingerprint density at radius 2 is 0.481 bits per heavy atom. The maximum Gasteiger partial charge on any atom is 0.306 e. The summed E-state index contributed by atoms with van der Waals surface area (Å²) in [5.74, 6) is -0.954. The van der Waals surface area contributed by atoms with Crippen LogP contribution in [-0.4, -0.2) is 37.2 Å². The zero-order chi connectivity index (χ0) is 58.5. The van der Waals surface area contributed by atoms with Crippen LogP contribution in [0.1, 0.15) is 265 Å². The van der Waals surface area contributed by atoms with E-state index in [2.05, 4.69) is 191 Å². The molecule has 0 aromatic rings. The molecule has 0 heterocycles. The number of carbonyl (C=O) groups excluding carboxylic acids is 3. The van der Waals surface area contributed by atoms with Gasteiger partial charge in [-0.05, 0) is 148 Å². The van der Waals surface area contributed by atoms with Gasteiger partial charge in [0.2, 0.25) is 0 Å². The predicted octanol–water partition coefficient (Wildman–Crippen LogP) is 22.7. The fourth-order valence-corrected chi connectivity index (χ4v) is 8.35. The lowest BCUT2D eigenvalue weighted by Crippen LogP contribution is -2.30. The van der Waals surface area contributed by atoms with E-state index in [4.69, 9.17) is 14.2 Å². The van der Waals surface area contributed by atoms with Gasteiger partial charge in [-0.3, -0.25) is 14.4 Å². The number of carbonyl (C=O) groups is 3. The Bertz CT molecular complexity index is 1860. The number of ether oxygens (including phenoxy) is 3. The molecule has 454 valence electrons. The summed E-state index contributed by atoms with van der Waals surface area (Å²) in [5.41, 5.74) is 0. The van der Waals surface area contributed by atoms with Gasteiger partial charge < -0.3 is 14.2 Å². The Balaban J connectivity index is 4.39. The number of hydrogen-bond acceptors (Lipinski definition) is 6. The van der Waals surface area contributed by atoms with Gasteiger partial charge >= 0.3 is 17.9 Å². The Labute approximate surface area is 498 Å². The molecule has 0 saturated carbocycles. The van der Waals surface area contributed by atoms with Crippen molar-refractivity contribution in [3.05, 3.63) is 170 Å². The molecule has 0 N–H and O–H groups in total. The molecule has 1 unspecified atom stereocenters. The largest absolute Gasteiger partial charge is 0.462 e. The molecule has 0 aromatic heterocycles. The highest BCUT2D eigenvalue weighted by molar-refractivity contribution is 5.71. The summed E-state index contributed by atoms with van der Waals surface area (Å²) in [6.45, 7) is 6.33. The number of hydrogen-bond donors (Lipinski definition) is 0. The van der Waals surface area contributed by atoms with E-state index in [0.29, 0.717) is 12.8 Å². The molecule has 0 saturated heterocycles. The first kappa shape index (κ1) is 75.8. The third-order valence-corrected chi connectivity index (χ3v) is 13.2. The lowest BCUT2D eigenvalue weighted by Gasteiger charge is -2.18. The lowest BCUT2D eigenvalue weighted by atomic mass is 10.1. The van der Waals surface area contributed by atoms with Crippen molar-refractivity contribution in [2.75, 3.05) is 13.2 Å². The Hall–Kier alpha value is -5.23. The van der Waals surface area contributed by atoms with Crippen LogP contribution >= 0.6 is 0 Å². The second-order valence-corrected chi connectivity index (χ2v) is 20.9. The first-order valence-electron chi connectivity index (χ1n) is 32.6. The van der Waals surface area contributed by atoms with E-state index in [1.165, 1.54) is 51.4 Å². The van der Waals surface area contributed by atoms with Crippen LogP contribution in [0.2, 0.25) is 0 Å². The zero-order valence-corrected chi connectivity index (χ0v) is 52.0. The standard InChI is InChI=1S/C75H118O6/c1-4-7-10-13-16-19-22-24-26-28-30-32-34-35-36-37-38-39-41-42-44-46-48-50-53-56-59-62-65-68-74(77)80-71-72(70-79-73(76)67-64-61-58-55-52-21-18-15-12-9-6-3)81-75(78)69-66-63-60-57-54-51-49-47-45-43-40-33-31-29-27-25-23-20-17-14-11-8-5-2/h7-8,10-11,15-20,24-27,30-33,35-36,38-39,42-45,49,51,72H,4-6,9,12-14,21-23,28-29,34,37,40-41,46-48,50,52-71H2,1-3H3/b10-7-,11-8-,18-15-,19-16-,20-17-,26-24-,27-25-,32-30-,33-31-,36-35-,39-38-,44-42-,45-43-,51-49-. The molecule has 0 fully saturated rings. The Kier molecular flexibility index (Phi) is 62.9. The minimum Gasteiger partial charge on any atom is -0.462 e. The van der Waals surface area contributed by atoms with Crippen LogP contribution < -0.4 is 0 Å². The van der Waals surface area contributed by atoms with Gasteiger partial charge in [-0.1, -0.05) is 268 Å². The summed E-state index contributed by atoms with van der Waals surface area (Å²) in [5, 5.41) is 0. The van der Waals surface area contributed by atoms with Gasteiger partial charge in [0.05, 0.1) is 0 Å². The van der Waals surface area contributed by atoms with E-state index < -0.39 is 6.10 Å². The molecule has 81 heavy (non-hydrogen) atoms. The number of rotatable bonds is 57. The molecule has 6 nitrogen and oxygen atoms in total. The number of unbranched alkanes of at least 4 members (excludes halogenated alkanes) is 18. The van der Waals surface area contributed by atoms with E-state index in [1.54, 1.807) is 0 Å². The average Bonchev–Trinajstić information content (AvgIpc) is 3.47. The molecule has 0 aliphatic rings. The topological polar surface area (TPSA) is 78.9 Å². The quantitative estimate of drug-likeness (QED) is 0.0261. The molecule has 0 rings (SSSR count). The molecule has 0 amide bonds. The molecule has 0 radical (unpaired) electrons. The van der Waals surface area contributed by atoms with Crippen molar-refractivity contribution in [2.24, 2.45) is 0 Å². The first-order valence-corrected chi connectivity index (χ1v) is 32.6. The monoisotopic (exact) mass is 1110 g/mol.